The first-order valence-electron chi connectivity index (χ1n) is 6.10. The van der Waals surface area contributed by atoms with Gasteiger partial charge in [0.25, 0.3) is 5.69 Å². The Morgan fingerprint density at radius 3 is 2.79 bits per heavy atom. The van der Waals surface area contributed by atoms with Crippen molar-refractivity contribution in [1.29, 1.82) is 0 Å². The Bertz CT molecular complexity index is 513. The van der Waals surface area contributed by atoms with Crippen LogP contribution in [0.5, 0.6) is 0 Å². The number of nitro groups is 1. The molecule has 1 atom stereocenters. The Kier molecular flexibility index (Phi) is 4.09. The van der Waals surface area contributed by atoms with Crippen LogP contribution in [0.2, 0.25) is 0 Å². The highest BCUT2D eigenvalue weighted by Gasteiger charge is 2.24. The molecule has 1 aliphatic rings. The summed E-state index contributed by atoms with van der Waals surface area (Å²) in [6.07, 6.45) is 1.08. The number of benzene rings is 1. The number of hydrogen-bond donors (Lipinski definition) is 0. The summed E-state index contributed by atoms with van der Waals surface area (Å²) < 4.78 is 0. The molecule has 0 aliphatic carbocycles. The van der Waals surface area contributed by atoms with Crippen molar-refractivity contribution >= 4 is 28.9 Å². The third kappa shape index (κ3) is 2.89. The number of Topliss-reactive ketones (excluding diaryl/α,β-unsaturated/α-hetero) is 1. The zero-order valence-electron chi connectivity index (χ0n) is 11.0. The fraction of sp³-hybridized carbons (Fsp3) is 0.462. The van der Waals surface area contributed by atoms with E-state index in [-0.39, 0.29) is 11.5 Å². The van der Waals surface area contributed by atoms with E-state index in [1.807, 2.05) is 18.8 Å². The van der Waals surface area contributed by atoms with Gasteiger partial charge in [0.05, 0.1) is 4.92 Å². The fourth-order valence-corrected chi connectivity index (χ4v) is 3.52. The van der Waals surface area contributed by atoms with Gasteiger partial charge in [-0.05, 0) is 25.2 Å². The standard InChI is InChI=1S/C13H16N2O3S/c1-9(16)12-7-10(15(17)18)3-4-13(12)14(2)11-5-6-19-8-11/h3-4,7,11H,5-6,8H2,1-2H3. The van der Waals surface area contributed by atoms with Crippen molar-refractivity contribution in [3.05, 3.63) is 33.9 Å². The molecule has 2 rings (SSSR count). The number of carbonyl (C=O) groups is 1. The van der Waals surface area contributed by atoms with Gasteiger partial charge in [-0.15, -0.1) is 0 Å². The number of nitro benzene ring substituents is 1. The van der Waals surface area contributed by atoms with Crippen LogP contribution in [0, 0.1) is 10.1 Å². The molecule has 1 aromatic carbocycles. The van der Waals surface area contributed by atoms with E-state index < -0.39 is 4.92 Å². The molecule has 0 spiro atoms. The van der Waals surface area contributed by atoms with E-state index >= 15 is 0 Å². The Morgan fingerprint density at radius 2 is 2.26 bits per heavy atom. The zero-order valence-corrected chi connectivity index (χ0v) is 11.8. The van der Waals surface area contributed by atoms with E-state index in [0.29, 0.717) is 11.6 Å². The topological polar surface area (TPSA) is 63.4 Å². The maximum atomic E-state index is 11.7. The molecular weight excluding hydrogens is 264 g/mol. The number of nitrogens with zero attached hydrogens (tertiary/aromatic N) is 2. The predicted octanol–water partition coefficient (Wildman–Crippen LogP) is 2.74. The van der Waals surface area contributed by atoms with E-state index in [1.165, 1.54) is 19.1 Å². The van der Waals surface area contributed by atoms with Crippen LogP contribution in [-0.2, 0) is 0 Å². The van der Waals surface area contributed by atoms with Crippen molar-refractivity contribution in [2.75, 3.05) is 23.5 Å². The van der Waals surface area contributed by atoms with E-state index in [4.69, 9.17) is 0 Å². The summed E-state index contributed by atoms with van der Waals surface area (Å²) in [5.41, 5.74) is 1.17. The molecule has 5 nitrogen and oxygen atoms in total. The van der Waals surface area contributed by atoms with Crippen molar-refractivity contribution in [3.8, 4) is 0 Å². The molecule has 1 fully saturated rings. The molecule has 0 amide bonds. The van der Waals surface area contributed by atoms with Crippen LogP contribution < -0.4 is 4.90 Å². The third-order valence-corrected chi connectivity index (χ3v) is 4.55. The van der Waals surface area contributed by atoms with Gasteiger partial charge in [-0.2, -0.15) is 11.8 Å². The molecule has 102 valence electrons. The Morgan fingerprint density at radius 1 is 1.53 bits per heavy atom. The van der Waals surface area contributed by atoms with Crippen LogP contribution in [0.4, 0.5) is 11.4 Å². The summed E-state index contributed by atoms with van der Waals surface area (Å²) in [5, 5.41) is 10.8. The third-order valence-electron chi connectivity index (χ3n) is 3.40. The zero-order chi connectivity index (χ0) is 14.0. The summed E-state index contributed by atoms with van der Waals surface area (Å²) in [6, 6.07) is 4.90. The van der Waals surface area contributed by atoms with E-state index in [1.54, 1.807) is 6.07 Å². The largest absolute Gasteiger partial charge is 0.370 e. The first kappa shape index (κ1) is 13.9. The normalized spacial score (nSPS) is 18.3. The van der Waals surface area contributed by atoms with Crippen molar-refractivity contribution < 1.29 is 9.72 Å². The van der Waals surface area contributed by atoms with Gasteiger partial charge in [-0.3, -0.25) is 14.9 Å². The molecule has 19 heavy (non-hydrogen) atoms. The first-order chi connectivity index (χ1) is 9.00. The number of carbonyl (C=O) groups excluding carboxylic acids is 1. The minimum Gasteiger partial charge on any atom is -0.370 e. The number of ketones is 1. The van der Waals surface area contributed by atoms with Crippen LogP contribution in [0.25, 0.3) is 0 Å². The van der Waals surface area contributed by atoms with Crippen LogP contribution >= 0.6 is 11.8 Å². The van der Waals surface area contributed by atoms with Gasteiger partial charge in [0.2, 0.25) is 0 Å². The minimum atomic E-state index is -0.471. The van der Waals surface area contributed by atoms with Gasteiger partial charge < -0.3 is 4.90 Å². The summed E-state index contributed by atoms with van der Waals surface area (Å²) in [5.74, 6) is 2.01. The molecule has 6 heteroatoms. The number of non-ortho nitro benzene ring substituents is 1. The number of anilines is 1. The molecule has 0 bridgehead atoms. The lowest BCUT2D eigenvalue weighted by Gasteiger charge is -2.27. The van der Waals surface area contributed by atoms with Gasteiger partial charge >= 0.3 is 0 Å². The second kappa shape index (κ2) is 5.61. The van der Waals surface area contributed by atoms with Crippen LogP contribution in [0.3, 0.4) is 0 Å². The van der Waals surface area contributed by atoms with Crippen LogP contribution in [0.15, 0.2) is 18.2 Å². The molecular formula is C13H16N2O3S. The Hall–Kier alpha value is -1.56. The monoisotopic (exact) mass is 280 g/mol. The molecule has 0 N–H and O–H groups in total. The molecule has 1 aromatic rings. The highest BCUT2D eigenvalue weighted by molar-refractivity contribution is 7.99. The SMILES string of the molecule is CC(=O)c1cc([N+](=O)[O-])ccc1N(C)C1CCSC1. The Labute approximate surface area is 116 Å². The molecule has 0 aromatic heterocycles. The quantitative estimate of drug-likeness (QED) is 0.482. The van der Waals surface area contributed by atoms with E-state index in [2.05, 4.69) is 4.90 Å². The molecule has 0 saturated carbocycles. The fourth-order valence-electron chi connectivity index (χ4n) is 2.25. The van der Waals surface area contributed by atoms with Gasteiger partial charge in [0, 0.05) is 42.2 Å². The van der Waals surface area contributed by atoms with Crippen molar-refractivity contribution in [2.45, 2.75) is 19.4 Å². The summed E-state index contributed by atoms with van der Waals surface area (Å²) in [7, 11) is 1.95. The Balaban J connectivity index is 2.38. The van der Waals surface area contributed by atoms with Crippen LogP contribution in [0.1, 0.15) is 23.7 Å². The van der Waals surface area contributed by atoms with E-state index in [0.717, 1.165) is 23.6 Å². The van der Waals surface area contributed by atoms with Gasteiger partial charge in [0.15, 0.2) is 5.78 Å². The second-order valence-electron chi connectivity index (χ2n) is 4.64. The van der Waals surface area contributed by atoms with Crippen molar-refractivity contribution in [2.24, 2.45) is 0 Å². The van der Waals surface area contributed by atoms with Gasteiger partial charge in [0.1, 0.15) is 0 Å². The molecule has 1 saturated heterocycles. The first-order valence-corrected chi connectivity index (χ1v) is 7.26. The average molecular weight is 280 g/mol. The second-order valence-corrected chi connectivity index (χ2v) is 5.79. The molecule has 1 unspecified atom stereocenters. The highest BCUT2D eigenvalue weighted by Crippen LogP contribution is 2.30. The summed E-state index contributed by atoms with van der Waals surface area (Å²) in [6.45, 7) is 1.44. The van der Waals surface area contributed by atoms with Gasteiger partial charge in [-0.1, -0.05) is 0 Å². The van der Waals surface area contributed by atoms with Crippen LogP contribution in [-0.4, -0.2) is 35.3 Å². The highest BCUT2D eigenvalue weighted by atomic mass is 32.2. The summed E-state index contributed by atoms with van der Waals surface area (Å²) in [4.78, 5) is 24.1. The smallest absolute Gasteiger partial charge is 0.270 e. The lowest BCUT2D eigenvalue weighted by Crippen LogP contribution is -2.32. The maximum Gasteiger partial charge on any atom is 0.270 e. The number of rotatable bonds is 4. The van der Waals surface area contributed by atoms with Crippen molar-refractivity contribution in [3.63, 3.8) is 0 Å². The minimum absolute atomic E-state index is 0.0388. The predicted molar refractivity (Wildman–Crippen MR) is 77.2 cm³/mol. The van der Waals surface area contributed by atoms with E-state index in [9.17, 15) is 14.9 Å². The number of hydrogen-bond acceptors (Lipinski definition) is 5. The summed E-state index contributed by atoms with van der Waals surface area (Å²) >= 11 is 1.89. The molecule has 1 heterocycles. The maximum absolute atomic E-state index is 11.7. The average Bonchev–Trinajstić information content (AvgIpc) is 2.90. The van der Waals surface area contributed by atoms with Gasteiger partial charge in [-0.25, -0.2) is 0 Å². The lowest BCUT2D eigenvalue weighted by atomic mass is 10.1. The molecule has 0 radical (unpaired) electrons. The number of thioether (sulfide) groups is 1. The van der Waals surface area contributed by atoms with Crippen molar-refractivity contribution in [1.82, 2.24) is 0 Å². The molecule has 1 aliphatic heterocycles. The lowest BCUT2D eigenvalue weighted by molar-refractivity contribution is -0.384.